The third kappa shape index (κ3) is 2.99. The average molecular weight is 404 g/mol. The number of halogens is 2. The van der Waals surface area contributed by atoms with Gasteiger partial charge in [0.25, 0.3) is 0 Å². The minimum atomic E-state index is -0.388. The maximum absolute atomic E-state index is 10.7. The van der Waals surface area contributed by atoms with Gasteiger partial charge in [-0.2, -0.15) is 0 Å². The summed E-state index contributed by atoms with van der Waals surface area (Å²) in [5, 5.41) is 10.7. The van der Waals surface area contributed by atoms with Crippen molar-refractivity contribution in [2.45, 2.75) is 50.2 Å². The zero-order chi connectivity index (χ0) is 14.2. The molecule has 1 aliphatic heterocycles. The van der Waals surface area contributed by atoms with Crippen LogP contribution in [0.2, 0.25) is 0 Å². The lowest BCUT2D eigenvalue weighted by Gasteiger charge is -2.40. The Hall–Kier alpha value is 0.1000. The van der Waals surface area contributed by atoms with Crippen molar-refractivity contribution in [3.05, 3.63) is 32.7 Å². The molecule has 0 amide bonds. The van der Waals surface area contributed by atoms with E-state index in [1.165, 1.54) is 25.7 Å². The summed E-state index contributed by atoms with van der Waals surface area (Å²) < 4.78 is 8.08. The fourth-order valence-corrected chi connectivity index (χ4v) is 4.31. The molecule has 0 bridgehead atoms. The largest absolute Gasteiger partial charge is 0.388 e. The summed E-state index contributed by atoms with van der Waals surface area (Å²) in [5.74, 6) is 0.315. The van der Waals surface area contributed by atoms with Crippen LogP contribution in [0, 0.1) is 5.92 Å². The molecule has 1 saturated carbocycles. The normalized spacial score (nSPS) is 26.9. The number of benzene rings is 1. The van der Waals surface area contributed by atoms with E-state index in [0.29, 0.717) is 5.92 Å². The third-order valence-corrected chi connectivity index (χ3v) is 6.66. The second kappa shape index (κ2) is 6.07. The Balaban J connectivity index is 1.75. The summed E-state index contributed by atoms with van der Waals surface area (Å²) in [6.07, 6.45) is 6.44. The molecule has 2 atom stereocenters. The van der Waals surface area contributed by atoms with Gasteiger partial charge in [0.05, 0.1) is 11.7 Å². The highest BCUT2D eigenvalue weighted by atomic mass is 79.9. The van der Waals surface area contributed by atoms with E-state index in [4.69, 9.17) is 4.74 Å². The Morgan fingerprint density at radius 2 is 1.95 bits per heavy atom. The van der Waals surface area contributed by atoms with Crippen LogP contribution in [0.15, 0.2) is 27.1 Å². The number of aliphatic hydroxyl groups excluding tert-OH is 1. The van der Waals surface area contributed by atoms with E-state index in [2.05, 4.69) is 31.9 Å². The fraction of sp³-hybridized carbons (Fsp3) is 0.625. The van der Waals surface area contributed by atoms with Crippen molar-refractivity contribution in [1.82, 2.24) is 0 Å². The maximum Gasteiger partial charge on any atom is 0.0820 e. The zero-order valence-electron chi connectivity index (χ0n) is 11.4. The molecule has 0 radical (unpaired) electrons. The molecule has 1 saturated heterocycles. The number of rotatable bonds is 2. The summed E-state index contributed by atoms with van der Waals surface area (Å²) in [6, 6.07) is 6.02. The maximum atomic E-state index is 10.7. The van der Waals surface area contributed by atoms with Gasteiger partial charge in [-0.3, -0.25) is 0 Å². The van der Waals surface area contributed by atoms with Crippen LogP contribution in [0.25, 0.3) is 0 Å². The first-order valence-electron chi connectivity index (χ1n) is 7.37. The number of hydrogen-bond acceptors (Lipinski definition) is 2. The highest BCUT2D eigenvalue weighted by molar-refractivity contribution is 9.13. The van der Waals surface area contributed by atoms with Crippen LogP contribution in [0.4, 0.5) is 0 Å². The SMILES string of the molecule is OC(c1ccc(Br)c(Br)c1)C1CCOC2(CCCC2)C1. The lowest BCUT2D eigenvalue weighted by Crippen LogP contribution is -2.39. The van der Waals surface area contributed by atoms with E-state index >= 15 is 0 Å². The van der Waals surface area contributed by atoms with Gasteiger partial charge < -0.3 is 9.84 Å². The molecule has 110 valence electrons. The van der Waals surface area contributed by atoms with Gasteiger partial charge in [-0.1, -0.05) is 18.9 Å². The molecule has 1 aliphatic carbocycles. The monoisotopic (exact) mass is 402 g/mol. The molecular formula is C16H20Br2O2. The van der Waals surface area contributed by atoms with E-state index in [1.807, 2.05) is 18.2 Å². The second-order valence-electron chi connectivity index (χ2n) is 6.11. The number of aliphatic hydroxyl groups is 1. The molecule has 1 heterocycles. The standard InChI is InChI=1S/C16H20Br2O2/c17-13-4-3-11(9-14(13)18)15(19)12-5-8-20-16(10-12)6-1-2-7-16/h3-4,9,12,15,19H,1-2,5-8,10H2. The average Bonchev–Trinajstić information content (AvgIpc) is 2.89. The molecular weight excluding hydrogens is 384 g/mol. The second-order valence-corrected chi connectivity index (χ2v) is 7.82. The molecule has 20 heavy (non-hydrogen) atoms. The smallest absolute Gasteiger partial charge is 0.0820 e. The highest BCUT2D eigenvalue weighted by Crippen LogP contribution is 2.45. The molecule has 2 aliphatic rings. The van der Waals surface area contributed by atoms with E-state index < -0.39 is 0 Å². The van der Waals surface area contributed by atoms with Gasteiger partial charge >= 0.3 is 0 Å². The third-order valence-electron chi connectivity index (χ3n) is 4.78. The first kappa shape index (κ1) is 15.0. The lowest BCUT2D eigenvalue weighted by molar-refractivity contribution is -0.113. The van der Waals surface area contributed by atoms with Crippen molar-refractivity contribution in [3.63, 3.8) is 0 Å². The van der Waals surface area contributed by atoms with Crippen molar-refractivity contribution in [3.8, 4) is 0 Å². The topological polar surface area (TPSA) is 29.5 Å². The quantitative estimate of drug-likeness (QED) is 0.753. The lowest BCUT2D eigenvalue weighted by atomic mass is 9.80. The van der Waals surface area contributed by atoms with Gasteiger partial charge in [0.15, 0.2) is 0 Å². The van der Waals surface area contributed by atoms with Crippen molar-refractivity contribution in [1.29, 1.82) is 0 Å². The Labute approximate surface area is 137 Å². The fourth-order valence-electron chi connectivity index (χ4n) is 3.67. The van der Waals surface area contributed by atoms with Gasteiger partial charge in [0, 0.05) is 15.6 Å². The Morgan fingerprint density at radius 1 is 1.20 bits per heavy atom. The van der Waals surface area contributed by atoms with E-state index in [0.717, 1.165) is 34.0 Å². The summed E-state index contributed by atoms with van der Waals surface area (Å²) >= 11 is 6.99. The highest BCUT2D eigenvalue weighted by Gasteiger charge is 2.41. The predicted molar refractivity (Wildman–Crippen MR) is 86.7 cm³/mol. The Kier molecular flexibility index (Phi) is 4.56. The van der Waals surface area contributed by atoms with Crippen LogP contribution in [0.1, 0.15) is 50.2 Å². The molecule has 2 unspecified atom stereocenters. The molecule has 1 aromatic rings. The van der Waals surface area contributed by atoms with Gasteiger partial charge in [-0.15, -0.1) is 0 Å². The zero-order valence-corrected chi connectivity index (χ0v) is 14.6. The van der Waals surface area contributed by atoms with Crippen LogP contribution < -0.4 is 0 Å². The molecule has 1 N–H and O–H groups in total. The van der Waals surface area contributed by atoms with Gasteiger partial charge in [-0.25, -0.2) is 0 Å². The Bertz CT molecular complexity index is 483. The number of ether oxygens (including phenoxy) is 1. The van der Waals surface area contributed by atoms with E-state index in [1.54, 1.807) is 0 Å². The van der Waals surface area contributed by atoms with Crippen LogP contribution in [0.3, 0.4) is 0 Å². The first-order chi connectivity index (χ1) is 9.60. The van der Waals surface area contributed by atoms with Gasteiger partial charge in [0.1, 0.15) is 0 Å². The van der Waals surface area contributed by atoms with Crippen LogP contribution in [-0.2, 0) is 4.74 Å². The first-order valence-corrected chi connectivity index (χ1v) is 8.95. The van der Waals surface area contributed by atoms with Crippen molar-refractivity contribution >= 4 is 31.9 Å². The minimum absolute atomic E-state index is 0.0660. The van der Waals surface area contributed by atoms with E-state index in [9.17, 15) is 5.11 Å². The van der Waals surface area contributed by atoms with Crippen LogP contribution in [0.5, 0.6) is 0 Å². The van der Waals surface area contributed by atoms with Crippen molar-refractivity contribution in [2.75, 3.05) is 6.61 Å². The summed E-state index contributed by atoms with van der Waals surface area (Å²) in [7, 11) is 0. The van der Waals surface area contributed by atoms with Crippen molar-refractivity contribution < 1.29 is 9.84 Å². The van der Waals surface area contributed by atoms with Gasteiger partial charge in [0.2, 0.25) is 0 Å². The molecule has 1 spiro atoms. The van der Waals surface area contributed by atoms with Gasteiger partial charge in [-0.05, 0) is 81.2 Å². The molecule has 3 rings (SSSR count). The summed E-state index contributed by atoms with van der Waals surface area (Å²) in [4.78, 5) is 0. The predicted octanol–water partition coefficient (Wildman–Crippen LogP) is 4.98. The number of hydrogen-bond donors (Lipinski definition) is 1. The van der Waals surface area contributed by atoms with Crippen LogP contribution in [-0.4, -0.2) is 17.3 Å². The molecule has 2 fully saturated rings. The van der Waals surface area contributed by atoms with Crippen LogP contribution >= 0.6 is 31.9 Å². The van der Waals surface area contributed by atoms with Crippen molar-refractivity contribution in [2.24, 2.45) is 5.92 Å². The summed E-state index contributed by atoms with van der Waals surface area (Å²) in [6.45, 7) is 0.791. The molecule has 2 nitrogen and oxygen atoms in total. The Morgan fingerprint density at radius 3 is 2.65 bits per heavy atom. The molecule has 1 aromatic carbocycles. The minimum Gasteiger partial charge on any atom is -0.388 e. The molecule has 0 aromatic heterocycles. The molecule has 4 heteroatoms. The summed E-state index contributed by atoms with van der Waals surface area (Å²) in [5.41, 5.74) is 1.07. The van der Waals surface area contributed by atoms with E-state index in [-0.39, 0.29) is 11.7 Å².